The normalized spacial score (nSPS) is 10.9. The van der Waals surface area contributed by atoms with E-state index in [1.165, 1.54) is 17.0 Å². The molecule has 0 saturated heterocycles. The van der Waals surface area contributed by atoms with Crippen LogP contribution < -0.4 is 0 Å². The molecule has 130 valence electrons. The van der Waals surface area contributed by atoms with E-state index in [4.69, 9.17) is 0 Å². The number of amides is 1. The summed E-state index contributed by atoms with van der Waals surface area (Å²) in [5.74, 6) is -0.589. The van der Waals surface area contributed by atoms with Crippen molar-refractivity contribution in [3.8, 4) is 0 Å². The number of nitrogens with zero attached hydrogens (tertiary/aromatic N) is 6. The van der Waals surface area contributed by atoms with Gasteiger partial charge in [0.2, 0.25) is 0 Å². The van der Waals surface area contributed by atoms with Crippen molar-refractivity contribution >= 4 is 17.6 Å². The number of halogens is 1. The van der Waals surface area contributed by atoms with Gasteiger partial charge < -0.3 is 4.90 Å². The number of hydrogen-bond acceptors (Lipinski definition) is 6. The molecule has 2 aromatic heterocycles. The number of carbonyl (C=O) groups excluding carboxylic acids is 1. The Hall–Kier alpha value is -2.68. The van der Waals surface area contributed by atoms with E-state index in [0.29, 0.717) is 17.8 Å². The molecule has 2 heterocycles. The van der Waals surface area contributed by atoms with E-state index in [2.05, 4.69) is 19.1 Å². The Labute approximate surface area is 148 Å². The molecule has 9 heteroatoms. The Morgan fingerprint density at radius 3 is 2.80 bits per heavy atom. The van der Waals surface area contributed by atoms with Gasteiger partial charge in [-0.25, -0.2) is 9.07 Å². The lowest BCUT2D eigenvalue weighted by Gasteiger charge is -2.16. The second-order valence-corrected chi connectivity index (χ2v) is 6.30. The molecule has 0 aliphatic heterocycles. The second-order valence-electron chi connectivity index (χ2n) is 5.77. The van der Waals surface area contributed by atoms with E-state index < -0.39 is 0 Å². The van der Waals surface area contributed by atoms with Crippen molar-refractivity contribution in [3.05, 3.63) is 58.4 Å². The summed E-state index contributed by atoms with van der Waals surface area (Å²) in [6.07, 6.45) is 0. The Kier molecular flexibility index (Phi) is 4.84. The van der Waals surface area contributed by atoms with Gasteiger partial charge in [-0.1, -0.05) is 17.3 Å². The van der Waals surface area contributed by atoms with Crippen LogP contribution in [0.25, 0.3) is 0 Å². The SMILES string of the molecule is Cc1nsnc1Cn1nnc(C(=O)N(C)Cc2cccc(F)c2)c1C. The first-order valence-corrected chi connectivity index (χ1v) is 8.36. The number of benzene rings is 1. The number of hydrogen-bond donors (Lipinski definition) is 0. The fraction of sp³-hybridized carbons (Fsp3) is 0.312. The fourth-order valence-electron chi connectivity index (χ4n) is 2.40. The number of rotatable bonds is 5. The van der Waals surface area contributed by atoms with Gasteiger partial charge in [0.25, 0.3) is 5.91 Å². The van der Waals surface area contributed by atoms with Crippen LogP contribution in [0, 0.1) is 19.7 Å². The van der Waals surface area contributed by atoms with Gasteiger partial charge in [-0.2, -0.15) is 8.75 Å². The predicted molar refractivity (Wildman–Crippen MR) is 90.7 cm³/mol. The molecular weight excluding hydrogens is 343 g/mol. The standard InChI is InChI=1S/C16H17FN6OS/c1-10-14(20-25-19-10)9-23-11(2)15(18-21-23)16(24)22(3)8-12-5-4-6-13(17)7-12/h4-7H,8-9H2,1-3H3. The smallest absolute Gasteiger partial charge is 0.276 e. The van der Waals surface area contributed by atoms with E-state index in [1.54, 1.807) is 30.8 Å². The topological polar surface area (TPSA) is 76.8 Å². The lowest BCUT2D eigenvalue weighted by molar-refractivity contribution is 0.0778. The van der Waals surface area contributed by atoms with Gasteiger partial charge in [-0.3, -0.25) is 4.79 Å². The summed E-state index contributed by atoms with van der Waals surface area (Å²) in [5.41, 5.74) is 3.30. The summed E-state index contributed by atoms with van der Waals surface area (Å²) >= 11 is 1.14. The Morgan fingerprint density at radius 2 is 2.12 bits per heavy atom. The van der Waals surface area contributed by atoms with Crippen LogP contribution in [0.5, 0.6) is 0 Å². The molecular formula is C16H17FN6OS. The molecule has 1 aromatic carbocycles. The molecule has 0 fully saturated rings. The lowest BCUT2D eigenvalue weighted by Crippen LogP contribution is -2.27. The first kappa shape index (κ1) is 17.2. The third kappa shape index (κ3) is 3.71. The fourth-order valence-corrected chi connectivity index (χ4v) is 2.96. The van der Waals surface area contributed by atoms with Crippen LogP contribution in [0.15, 0.2) is 24.3 Å². The molecule has 0 saturated carbocycles. The maximum absolute atomic E-state index is 13.3. The van der Waals surface area contributed by atoms with E-state index in [9.17, 15) is 9.18 Å². The monoisotopic (exact) mass is 360 g/mol. The molecule has 0 unspecified atom stereocenters. The van der Waals surface area contributed by atoms with Crippen LogP contribution in [0.1, 0.15) is 33.1 Å². The van der Waals surface area contributed by atoms with Gasteiger partial charge in [0.1, 0.15) is 5.82 Å². The van der Waals surface area contributed by atoms with Crippen molar-refractivity contribution in [1.29, 1.82) is 0 Å². The number of aryl methyl sites for hydroxylation is 1. The minimum absolute atomic E-state index is 0.263. The van der Waals surface area contributed by atoms with Crippen LogP contribution >= 0.6 is 11.7 Å². The van der Waals surface area contributed by atoms with Crippen LogP contribution in [0.2, 0.25) is 0 Å². The van der Waals surface area contributed by atoms with E-state index in [1.807, 2.05) is 6.92 Å². The molecule has 0 N–H and O–H groups in total. The average Bonchev–Trinajstić information content (AvgIpc) is 3.14. The van der Waals surface area contributed by atoms with Gasteiger partial charge in [-0.05, 0) is 31.5 Å². The molecule has 1 amide bonds. The number of aromatic nitrogens is 5. The lowest BCUT2D eigenvalue weighted by atomic mass is 10.2. The van der Waals surface area contributed by atoms with Crippen LogP contribution in [-0.4, -0.2) is 41.6 Å². The molecule has 0 radical (unpaired) electrons. The summed E-state index contributed by atoms with van der Waals surface area (Å²) in [4.78, 5) is 14.1. The first-order chi connectivity index (χ1) is 12.0. The molecule has 3 aromatic rings. The molecule has 0 atom stereocenters. The third-order valence-corrected chi connectivity index (χ3v) is 4.54. The van der Waals surface area contributed by atoms with Gasteiger partial charge in [-0.15, -0.1) is 5.10 Å². The van der Waals surface area contributed by atoms with E-state index >= 15 is 0 Å². The van der Waals surface area contributed by atoms with Gasteiger partial charge >= 0.3 is 0 Å². The highest BCUT2D eigenvalue weighted by Crippen LogP contribution is 2.13. The molecule has 0 bridgehead atoms. The van der Waals surface area contributed by atoms with Crippen molar-refractivity contribution in [2.24, 2.45) is 0 Å². The van der Waals surface area contributed by atoms with Crippen molar-refractivity contribution in [2.75, 3.05) is 7.05 Å². The Morgan fingerprint density at radius 1 is 1.32 bits per heavy atom. The summed E-state index contributed by atoms with van der Waals surface area (Å²) in [6, 6.07) is 6.17. The minimum Gasteiger partial charge on any atom is -0.336 e. The van der Waals surface area contributed by atoms with E-state index in [0.717, 1.165) is 23.1 Å². The van der Waals surface area contributed by atoms with Crippen molar-refractivity contribution in [1.82, 2.24) is 28.6 Å². The zero-order chi connectivity index (χ0) is 18.0. The molecule has 0 aliphatic carbocycles. The molecule has 0 aliphatic rings. The summed E-state index contributed by atoms with van der Waals surface area (Å²) in [7, 11) is 1.65. The first-order valence-electron chi connectivity index (χ1n) is 7.63. The second kappa shape index (κ2) is 7.06. The summed E-state index contributed by atoms with van der Waals surface area (Å²) < 4.78 is 23.3. The summed E-state index contributed by atoms with van der Waals surface area (Å²) in [6.45, 7) is 4.38. The predicted octanol–water partition coefficient (Wildman–Crippen LogP) is 2.21. The minimum atomic E-state index is -0.326. The highest BCUT2D eigenvalue weighted by molar-refractivity contribution is 6.99. The molecule has 25 heavy (non-hydrogen) atoms. The Balaban J connectivity index is 1.75. The molecule has 3 rings (SSSR count). The summed E-state index contributed by atoms with van der Waals surface area (Å²) in [5, 5.41) is 8.06. The quantitative estimate of drug-likeness (QED) is 0.697. The molecule has 7 nitrogen and oxygen atoms in total. The van der Waals surface area contributed by atoms with Gasteiger partial charge in [0, 0.05) is 13.6 Å². The van der Waals surface area contributed by atoms with Crippen molar-refractivity contribution in [2.45, 2.75) is 26.9 Å². The van der Waals surface area contributed by atoms with Gasteiger partial charge in [0.05, 0.1) is 35.4 Å². The van der Waals surface area contributed by atoms with Crippen LogP contribution in [0.3, 0.4) is 0 Å². The zero-order valence-electron chi connectivity index (χ0n) is 14.1. The Bertz CT molecular complexity index is 906. The number of carbonyl (C=O) groups is 1. The average molecular weight is 360 g/mol. The van der Waals surface area contributed by atoms with Gasteiger partial charge in [0.15, 0.2) is 5.69 Å². The van der Waals surface area contributed by atoms with Crippen molar-refractivity contribution < 1.29 is 9.18 Å². The maximum atomic E-state index is 13.3. The maximum Gasteiger partial charge on any atom is 0.276 e. The van der Waals surface area contributed by atoms with Crippen LogP contribution in [0.4, 0.5) is 4.39 Å². The largest absolute Gasteiger partial charge is 0.336 e. The molecule has 0 spiro atoms. The van der Waals surface area contributed by atoms with Crippen LogP contribution in [-0.2, 0) is 13.1 Å². The zero-order valence-corrected chi connectivity index (χ0v) is 14.9. The highest BCUT2D eigenvalue weighted by atomic mass is 32.1. The van der Waals surface area contributed by atoms with E-state index in [-0.39, 0.29) is 24.0 Å². The third-order valence-electron chi connectivity index (χ3n) is 3.89. The van der Waals surface area contributed by atoms with Crippen molar-refractivity contribution in [3.63, 3.8) is 0 Å². The highest BCUT2D eigenvalue weighted by Gasteiger charge is 2.21.